The number of rotatable bonds is 4. The van der Waals surface area contributed by atoms with Crippen molar-refractivity contribution in [2.75, 3.05) is 30.7 Å². The van der Waals surface area contributed by atoms with Gasteiger partial charge in [0.15, 0.2) is 5.82 Å². The Morgan fingerprint density at radius 3 is 2.88 bits per heavy atom. The van der Waals surface area contributed by atoms with Gasteiger partial charge in [-0.15, -0.1) is 0 Å². The van der Waals surface area contributed by atoms with Gasteiger partial charge in [-0.2, -0.15) is 5.10 Å². The van der Waals surface area contributed by atoms with E-state index in [9.17, 15) is 0 Å². The molecule has 96 valence electrons. The minimum atomic E-state index is 0.653. The maximum Gasteiger partial charge on any atom is 0.171 e. The highest BCUT2D eigenvalue weighted by atomic mass is 15.3. The van der Waals surface area contributed by atoms with Gasteiger partial charge in [-0.3, -0.25) is 4.68 Å². The van der Waals surface area contributed by atoms with Crippen molar-refractivity contribution in [2.24, 2.45) is 13.0 Å². The maximum atomic E-state index is 5.85. The SMILES string of the molecule is CC(C)N1CCC(CNc2nn(C)cc2N)C1. The third-order valence-corrected chi connectivity index (χ3v) is 3.46. The number of nitrogens with one attached hydrogen (secondary N) is 1. The van der Waals surface area contributed by atoms with Crippen molar-refractivity contribution in [3.8, 4) is 0 Å². The van der Waals surface area contributed by atoms with E-state index >= 15 is 0 Å². The molecule has 2 heterocycles. The van der Waals surface area contributed by atoms with Gasteiger partial charge in [-0.1, -0.05) is 0 Å². The molecule has 2 rings (SSSR count). The molecule has 17 heavy (non-hydrogen) atoms. The van der Waals surface area contributed by atoms with Gasteiger partial charge in [0.2, 0.25) is 0 Å². The number of nitrogen functional groups attached to an aromatic ring is 1. The molecule has 1 aromatic heterocycles. The van der Waals surface area contributed by atoms with Crippen LogP contribution in [0.2, 0.25) is 0 Å². The van der Waals surface area contributed by atoms with Crippen molar-refractivity contribution < 1.29 is 0 Å². The van der Waals surface area contributed by atoms with Crippen molar-refractivity contribution in [3.05, 3.63) is 6.20 Å². The van der Waals surface area contributed by atoms with E-state index in [1.54, 1.807) is 4.68 Å². The molecule has 5 nitrogen and oxygen atoms in total. The first-order chi connectivity index (χ1) is 8.06. The zero-order valence-electron chi connectivity index (χ0n) is 11.0. The van der Waals surface area contributed by atoms with E-state index in [4.69, 9.17) is 5.73 Å². The van der Waals surface area contributed by atoms with E-state index < -0.39 is 0 Å². The number of nitrogens with zero attached hydrogens (tertiary/aromatic N) is 3. The third-order valence-electron chi connectivity index (χ3n) is 3.46. The number of anilines is 2. The standard InChI is InChI=1S/C12H23N5/c1-9(2)17-5-4-10(7-17)6-14-12-11(13)8-16(3)15-12/h8-10H,4-7,13H2,1-3H3,(H,14,15). The minimum Gasteiger partial charge on any atom is -0.394 e. The van der Waals surface area contributed by atoms with Gasteiger partial charge < -0.3 is 16.0 Å². The summed E-state index contributed by atoms with van der Waals surface area (Å²) in [5.41, 5.74) is 6.57. The predicted molar refractivity (Wildman–Crippen MR) is 70.9 cm³/mol. The Labute approximate surface area is 103 Å². The topological polar surface area (TPSA) is 59.1 Å². The Kier molecular flexibility index (Phi) is 3.57. The number of hydrogen-bond donors (Lipinski definition) is 2. The van der Waals surface area contributed by atoms with Crippen LogP contribution in [-0.2, 0) is 7.05 Å². The first kappa shape index (κ1) is 12.2. The predicted octanol–water partition coefficient (Wildman–Crippen LogP) is 1.14. The summed E-state index contributed by atoms with van der Waals surface area (Å²) in [6.07, 6.45) is 3.09. The van der Waals surface area contributed by atoms with Gasteiger partial charge in [-0.25, -0.2) is 0 Å². The van der Waals surface area contributed by atoms with Crippen molar-refractivity contribution >= 4 is 11.5 Å². The summed E-state index contributed by atoms with van der Waals surface area (Å²) in [5.74, 6) is 1.52. The van der Waals surface area contributed by atoms with Gasteiger partial charge >= 0.3 is 0 Å². The fourth-order valence-electron chi connectivity index (χ4n) is 2.38. The Morgan fingerprint density at radius 2 is 2.35 bits per heavy atom. The number of nitrogens with two attached hydrogens (primary N) is 1. The van der Waals surface area contributed by atoms with Gasteiger partial charge in [0.1, 0.15) is 0 Å². The van der Waals surface area contributed by atoms with Crippen molar-refractivity contribution in [1.29, 1.82) is 0 Å². The molecule has 0 radical (unpaired) electrons. The van der Waals surface area contributed by atoms with Crippen molar-refractivity contribution in [3.63, 3.8) is 0 Å². The van der Waals surface area contributed by atoms with Crippen LogP contribution in [0.1, 0.15) is 20.3 Å². The van der Waals surface area contributed by atoms with E-state index in [2.05, 4.69) is 29.2 Å². The second-order valence-electron chi connectivity index (χ2n) is 5.23. The van der Waals surface area contributed by atoms with Crippen LogP contribution in [0.25, 0.3) is 0 Å². The molecular weight excluding hydrogens is 214 g/mol. The molecule has 1 saturated heterocycles. The van der Waals surface area contributed by atoms with Gasteiger partial charge in [0.25, 0.3) is 0 Å². The molecule has 1 fully saturated rings. The third kappa shape index (κ3) is 2.91. The molecule has 3 N–H and O–H groups in total. The van der Waals surface area contributed by atoms with E-state index in [1.807, 2.05) is 13.2 Å². The van der Waals surface area contributed by atoms with Crippen LogP contribution >= 0.6 is 0 Å². The van der Waals surface area contributed by atoms with E-state index in [0.717, 1.165) is 18.1 Å². The lowest BCUT2D eigenvalue weighted by Gasteiger charge is -2.20. The minimum absolute atomic E-state index is 0.653. The van der Waals surface area contributed by atoms with Crippen LogP contribution in [-0.4, -0.2) is 40.4 Å². The summed E-state index contributed by atoms with van der Waals surface area (Å²) in [6, 6.07) is 0.653. The van der Waals surface area contributed by atoms with Crippen molar-refractivity contribution in [2.45, 2.75) is 26.3 Å². The lowest BCUT2D eigenvalue weighted by Crippen LogP contribution is -2.29. The first-order valence-electron chi connectivity index (χ1n) is 6.33. The number of aromatic nitrogens is 2. The largest absolute Gasteiger partial charge is 0.394 e. The number of hydrogen-bond acceptors (Lipinski definition) is 4. The van der Waals surface area contributed by atoms with Crippen LogP contribution in [0.3, 0.4) is 0 Å². The normalized spacial score (nSPS) is 21.3. The van der Waals surface area contributed by atoms with E-state index in [-0.39, 0.29) is 0 Å². The van der Waals surface area contributed by atoms with E-state index in [1.165, 1.54) is 19.5 Å². The number of aryl methyl sites for hydroxylation is 1. The van der Waals surface area contributed by atoms with Gasteiger partial charge in [0.05, 0.1) is 5.69 Å². The molecule has 1 atom stereocenters. The zero-order valence-corrected chi connectivity index (χ0v) is 11.0. The Bertz CT molecular complexity index is 371. The Morgan fingerprint density at radius 1 is 1.59 bits per heavy atom. The maximum absolute atomic E-state index is 5.85. The Balaban J connectivity index is 1.82. The highest BCUT2D eigenvalue weighted by Gasteiger charge is 2.24. The van der Waals surface area contributed by atoms with Crippen LogP contribution in [0, 0.1) is 5.92 Å². The van der Waals surface area contributed by atoms with Crippen LogP contribution in [0.15, 0.2) is 6.20 Å². The smallest absolute Gasteiger partial charge is 0.171 e. The van der Waals surface area contributed by atoms with Crippen LogP contribution in [0.5, 0.6) is 0 Å². The first-order valence-corrected chi connectivity index (χ1v) is 6.33. The second kappa shape index (κ2) is 4.96. The fourth-order valence-corrected chi connectivity index (χ4v) is 2.38. The monoisotopic (exact) mass is 237 g/mol. The average molecular weight is 237 g/mol. The van der Waals surface area contributed by atoms with Crippen LogP contribution < -0.4 is 11.1 Å². The second-order valence-corrected chi connectivity index (χ2v) is 5.23. The van der Waals surface area contributed by atoms with Gasteiger partial charge in [0, 0.05) is 32.4 Å². The summed E-state index contributed by atoms with van der Waals surface area (Å²) in [5, 5.41) is 7.64. The summed E-state index contributed by atoms with van der Waals surface area (Å²) >= 11 is 0. The quantitative estimate of drug-likeness (QED) is 0.824. The lowest BCUT2D eigenvalue weighted by atomic mass is 10.1. The molecule has 0 aromatic carbocycles. The Hall–Kier alpha value is -1.23. The molecule has 0 amide bonds. The highest BCUT2D eigenvalue weighted by molar-refractivity contribution is 5.59. The summed E-state index contributed by atoms with van der Waals surface area (Å²) in [7, 11) is 1.89. The molecular formula is C12H23N5. The lowest BCUT2D eigenvalue weighted by molar-refractivity contribution is 0.266. The summed E-state index contributed by atoms with van der Waals surface area (Å²) in [6.45, 7) is 7.86. The highest BCUT2D eigenvalue weighted by Crippen LogP contribution is 2.20. The van der Waals surface area contributed by atoms with Gasteiger partial charge in [-0.05, 0) is 32.7 Å². The molecule has 1 aromatic rings. The molecule has 0 saturated carbocycles. The summed E-state index contributed by atoms with van der Waals surface area (Å²) in [4.78, 5) is 2.52. The molecule has 1 unspecified atom stereocenters. The number of likely N-dealkylation sites (tertiary alicyclic amines) is 1. The average Bonchev–Trinajstić information content (AvgIpc) is 2.82. The molecule has 0 bridgehead atoms. The molecule has 5 heteroatoms. The van der Waals surface area contributed by atoms with E-state index in [0.29, 0.717) is 12.0 Å². The zero-order chi connectivity index (χ0) is 12.4. The molecule has 1 aliphatic heterocycles. The molecule has 1 aliphatic rings. The molecule has 0 spiro atoms. The van der Waals surface area contributed by atoms with Crippen molar-refractivity contribution in [1.82, 2.24) is 14.7 Å². The summed E-state index contributed by atoms with van der Waals surface area (Å²) < 4.78 is 1.74. The molecule has 0 aliphatic carbocycles. The van der Waals surface area contributed by atoms with Crippen LogP contribution in [0.4, 0.5) is 11.5 Å². The fraction of sp³-hybridized carbons (Fsp3) is 0.750.